The highest BCUT2D eigenvalue weighted by Gasteiger charge is 2.37. The number of likely N-dealkylation sites (tertiary alicyclic amines) is 1. The second kappa shape index (κ2) is 6.81. The van der Waals surface area contributed by atoms with Crippen molar-refractivity contribution in [1.82, 2.24) is 19.4 Å². The number of amides is 1. The second-order valence-electron chi connectivity index (χ2n) is 7.75. The van der Waals surface area contributed by atoms with Crippen molar-refractivity contribution in [3.63, 3.8) is 0 Å². The molecule has 2 atom stereocenters. The maximum absolute atomic E-state index is 13.0. The number of nitrogens with one attached hydrogen (secondary N) is 1. The average molecular weight is 408 g/mol. The first-order valence-electron chi connectivity index (χ1n) is 9.65. The lowest BCUT2D eigenvalue weighted by atomic mass is 9.83. The van der Waals surface area contributed by atoms with Gasteiger partial charge < -0.3 is 14.5 Å². The summed E-state index contributed by atoms with van der Waals surface area (Å²) in [6.45, 7) is 3.32. The Morgan fingerprint density at radius 3 is 2.69 bits per heavy atom. The van der Waals surface area contributed by atoms with E-state index in [2.05, 4.69) is 9.97 Å². The van der Waals surface area contributed by atoms with E-state index in [0.717, 1.165) is 12.1 Å². The predicted molar refractivity (Wildman–Crippen MR) is 109 cm³/mol. The molecule has 1 N–H and O–H groups in total. The van der Waals surface area contributed by atoms with Crippen molar-refractivity contribution in [2.75, 3.05) is 13.1 Å². The van der Waals surface area contributed by atoms with Gasteiger partial charge in [-0.25, -0.2) is 4.98 Å². The van der Waals surface area contributed by atoms with Crippen LogP contribution in [0.15, 0.2) is 41.5 Å². The fourth-order valence-corrected chi connectivity index (χ4v) is 5.37. The monoisotopic (exact) mass is 408 g/mol. The third-order valence-electron chi connectivity index (χ3n) is 5.81. The zero-order valence-electron chi connectivity index (χ0n) is 15.9. The van der Waals surface area contributed by atoms with E-state index in [-0.39, 0.29) is 29.1 Å². The predicted octanol–water partition coefficient (Wildman–Crippen LogP) is 2.76. The van der Waals surface area contributed by atoms with Crippen molar-refractivity contribution < 1.29 is 9.59 Å². The number of carbonyl (C=O) groups excluding carboxylic acids is 2. The van der Waals surface area contributed by atoms with Crippen LogP contribution in [-0.2, 0) is 6.54 Å². The van der Waals surface area contributed by atoms with Gasteiger partial charge in [-0.3, -0.25) is 14.4 Å². The van der Waals surface area contributed by atoms with Crippen molar-refractivity contribution in [1.29, 1.82) is 0 Å². The van der Waals surface area contributed by atoms with Gasteiger partial charge in [-0.2, -0.15) is 0 Å². The summed E-state index contributed by atoms with van der Waals surface area (Å²) in [7, 11) is 0. The summed E-state index contributed by atoms with van der Waals surface area (Å²) >= 11 is 1.25. The van der Waals surface area contributed by atoms with Crippen LogP contribution in [0.25, 0.3) is 11.4 Å². The first kappa shape index (κ1) is 18.1. The molecule has 0 aliphatic carbocycles. The number of imidazole rings is 1. The number of aromatic nitrogens is 3. The number of piperidine rings is 1. The minimum Gasteiger partial charge on any atom is -0.344 e. The van der Waals surface area contributed by atoms with E-state index < -0.39 is 0 Å². The van der Waals surface area contributed by atoms with Gasteiger partial charge in [0.15, 0.2) is 5.78 Å². The molecule has 29 heavy (non-hydrogen) atoms. The van der Waals surface area contributed by atoms with E-state index in [4.69, 9.17) is 0 Å². The number of nitrogens with zero attached hydrogens (tertiary/aromatic N) is 3. The van der Waals surface area contributed by atoms with Crippen LogP contribution in [0.3, 0.4) is 0 Å². The normalized spacial score (nSPS) is 20.4. The van der Waals surface area contributed by atoms with E-state index in [1.54, 1.807) is 24.5 Å². The number of ketones is 1. The summed E-state index contributed by atoms with van der Waals surface area (Å²) in [6, 6.07) is 7.28. The van der Waals surface area contributed by atoms with Crippen LogP contribution in [0.2, 0.25) is 0 Å². The van der Waals surface area contributed by atoms with Gasteiger partial charge in [0.25, 0.3) is 11.5 Å². The average Bonchev–Trinajstić information content (AvgIpc) is 3.40. The van der Waals surface area contributed by atoms with E-state index in [1.165, 1.54) is 18.3 Å². The van der Waals surface area contributed by atoms with Crippen LogP contribution >= 0.6 is 11.3 Å². The molecule has 5 rings (SSSR count). The summed E-state index contributed by atoms with van der Waals surface area (Å²) in [5.41, 5.74) is 1.52. The number of H-pyrrole nitrogens is 1. The van der Waals surface area contributed by atoms with Crippen LogP contribution in [-0.4, -0.2) is 44.2 Å². The Balaban J connectivity index is 1.44. The van der Waals surface area contributed by atoms with Crippen molar-refractivity contribution in [2.24, 2.45) is 5.92 Å². The lowest BCUT2D eigenvalue weighted by molar-refractivity contribution is 0.0599. The second-order valence-corrected chi connectivity index (χ2v) is 8.84. The van der Waals surface area contributed by atoms with Gasteiger partial charge in [0.1, 0.15) is 5.82 Å². The molecule has 148 valence electrons. The zero-order valence-corrected chi connectivity index (χ0v) is 16.7. The summed E-state index contributed by atoms with van der Waals surface area (Å²) in [5.74, 6) is 0.904. The number of pyridine rings is 1. The highest BCUT2D eigenvalue weighted by molar-refractivity contribution is 7.15. The molecule has 0 spiro atoms. The number of aromatic amines is 1. The number of rotatable bonds is 3. The standard InChI is InChI=1S/C21H20N4O3S/c1-12(26)17-4-5-18(29-17)21(28)24-9-13-8-14(11-24)16-3-2-15(19-22-6-7-23-19)20(27)25(16)10-13/h2-7,13-14H,8-11H2,1H3,(H,22,23)/t13-,14+/m0/s1. The molecule has 2 bridgehead atoms. The Hall–Kier alpha value is -3.00. The van der Waals surface area contributed by atoms with Crippen LogP contribution in [0.5, 0.6) is 0 Å². The lowest BCUT2D eigenvalue weighted by Crippen LogP contribution is -2.49. The molecule has 0 radical (unpaired) electrons. The molecule has 2 aliphatic rings. The number of carbonyl (C=O) groups is 2. The van der Waals surface area contributed by atoms with E-state index in [0.29, 0.717) is 40.8 Å². The molecule has 2 aliphatic heterocycles. The number of thiophene rings is 1. The Kier molecular flexibility index (Phi) is 4.24. The van der Waals surface area contributed by atoms with E-state index in [9.17, 15) is 14.4 Å². The Morgan fingerprint density at radius 2 is 1.97 bits per heavy atom. The number of Topliss-reactive ketones (excluding diaryl/α,β-unsaturated/α-hetero) is 1. The third-order valence-corrected chi connectivity index (χ3v) is 6.98. The van der Waals surface area contributed by atoms with Crippen LogP contribution in [0.1, 0.15) is 44.3 Å². The van der Waals surface area contributed by atoms with Gasteiger partial charge in [-0.1, -0.05) is 0 Å². The maximum atomic E-state index is 13.0. The first-order chi connectivity index (χ1) is 14.0. The summed E-state index contributed by atoms with van der Waals surface area (Å²) in [6.07, 6.45) is 4.32. The fraction of sp³-hybridized carbons (Fsp3) is 0.333. The van der Waals surface area contributed by atoms with Gasteiger partial charge in [0.2, 0.25) is 0 Å². The maximum Gasteiger partial charge on any atom is 0.263 e. The summed E-state index contributed by atoms with van der Waals surface area (Å²) in [4.78, 5) is 47.9. The Bertz CT molecular complexity index is 1160. The topological polar surface area (TPSA) is 88.1 Å². The molecule has 0 unspecified atom stereocenters. The number of fused-ring (bicyclic) bond motifs is 4. The van der Waals surface area contributed by atoms with Gasteiger partial charge in [-0.05, 0) is 43.5 Å². The smallest absolute Gasteiger partial charge is 0.263 e. The summed E-state index contributed by atoms with van der Waals surface area (Å²) < 4.78 is 1.86. The Morgan fingerprint density at radius 1 is 1.14 bits per heavy atom. The van der Waals surface area contributed by atoms with Gasteiger partial charge in [0, 0.05) is 43.6 Å². The zero-order chi connectivity index (χ0) is 20.1. The fourth-order valence-electron chi connectivity index (χ4n) is 4.50. The largest absolute Gasteiger partial charge is 0.344 e. The molecule has 8 heteroatoms. The van der Waals surface area contributed by atoms with Gasteiger partial charge in [-0.15, -0.1) is 11.3 Å². The van der Waals surface area contributed by atoms with Gasteiger partial charge >= 0.3 is 0 Å². The van der Waals surface area contributed by atoms with Crippen molar-refractivity contribution in [3.05, 3.63) is 62.5 Å². The van der Waals surface area contributed by atoms with E-state index in [1.807, 2.05) is 21.6 Å². The minimum absolute atomic E-state index is 0.0229. The van der Waals surface area contributed by atoms with Crippen LogP contribution < -0.4 is 5.56 Å². The molecule has 3 aromatic heterocycles. The summed E-state index contributed by atoms with van der Waals surface area (Å²) in [5, 5.41) is 0. The van der Waals surface area contributed by atoms with Crippen molar-refractivity contribution in [2.45, 2.75) is 25.8 Å². The highest BCUT2D eigenvalue weighted by Crippen LogP contribution is 2.36. The Labute approximate surface area is 171 Å². The first-order valence-corrected chi connectivity index (χ1v) is 10.5. The molecule has 0 aromatic carbocycles. The lowest BCUT2D eigenvalue weighted by Gasteiger charge is -2.42. The van der Waals surface area contributed by atoms with Gasteiger partial charge in [0.05, 0.1) is 15.3 Å². The third kappa shape index (κ3) is 3.04. The molecule has 1 amide bonds. The van der Waals surface area contributed by atoms with Crippen LogP contribution in [0.4, 0.5) is 0 Å². The molecule has 1 saturated heterocycles. The molecule has 3 aromatic rings. The highest BCUT2D eigenvalue weighted by atomic mass is 32.1. The number of hydrogen-bond donors (Lipinski definition) is 1. The van der Waals surface area contributed by atoms with Crippen molar-refractivity contribution >= 4 is 23.0 Å². The molecule has 5 heterocycles. The SMILES string of the molecule is CC(=O)c1ccc(C(=O)N2C[C@@H]3C[C@H](C2)c2ccc(-c4ncc[nH]4)c(=O)n2C3)s1. The molecule has 0 saturated carbocycles. The van der Waals surface area contributed by atoms with Crippen LogP contribution in [0, 0.1) is 5.92 Å². The molecule has 1 fully saturated rings. The molecular weight excluding hydrogens is 388 g/mol. The minimum atomic E-state index is -0.0312. The van der Waals surface area contributed by atoms with E-state index >= 15 is 0 Å². The molecule has 7 nitrogen and oxygen atoms in total. The van der Waals surface area contributed by atoms with Crippen molar-refractivity contribution in [3.8, 4) is 11.4 Å². The number of hydrogen-bond acceptors (Lipinski definition) is 5. The molecular formula is C21H20N4O3S. The quantitative estimate of drug-likeness (QED) is 0.675.